The fourth-order valence-electron chi connectivity index (χ4n) is 4.33. The summed E-state index contributed by atoms with van der Waals surface area (Å²) >= 11 is 0. The normalized spacial score (nSPS) is 12.7. The minimum atomic E-state index is -0.0978. The predicted octanol–water partition coefficient (Wildman–Crippen LogP) is 3.53. The van der Waals surface area contributed by atoms with Crippen LogP contribution in [0.5, 0.6) is 0 Å². The molecular weight excluding hydrogens is 412 g/mol. The van der Waals surface area contributed by atoms with Crippen LogP contribution >= 0.6 is 0 Å². The molecule has 164 valence electrons. The number of ketones is 1. The van der Waals surface area contributed by atoms with Crippen LogP contribution < -0.4 is 5.73 Å². The number of rotatable bonds is 6. The van der Waals surface area contributed by atoms with Crippen LogP contribution in [-0.4, -0.2) is 44.0 Å². The van der Waals surface area contributed by atoms with Gasteiger partial charge in [-0.25, -0.2) is 9.67 Å². The van der Waals surface area contributed by atoms with Crippen molar-refractivity contribution in [3.63, 3.8) is 0 Å². The first-order valence-corrected chi connectivity index (χ1v) is 10.7. The number of allylic oxidation sites excluding steroid dienone is 1. The second-order valence-corrected chi connectivity index (χ2v) is 8.46. The van der Waals surface area contributed by atoms with Gasteiger partial charge in [0.05, 0.1) is 35.0 Å². The molecule has 0 radical (unpaired) electrons. The topological polar surface area (TPSA) is 92.8 Å². The van der Waals surface area contributed by atoms with Gasteiger partial charge in [0.25, 0.3) is 0 Å². The number of aryl methyl sites for hydroxylation is 1. The quantitative estimate of drug-likeness (QED) is 0.356. The lowest BCUT2D eigenvalue weighted by Gasteiger charge is -2.14. The first-order chi connectivity index (χ1) is 15.9. The van der Waals surface area contributed by atoms with Crippen molar-refractivity contribution in [1.29, 1.82) is 0 Å². The molecule has 0 fully saturated rings. The lowest BCUT2D eigenvalue weighted by atomic mass is 10.0. The van der Waals surface area contributed by atoms with E-state index in [1.807, 2.05) is 38.2 Å². The number of H-pyrrole nitrogens is 1. The van der Waals surface area contributed by atoms with Crippen LogP contribution in [0.2, 0.25) is 0 Å². The van der Waals surface area contributed by atoms with E-state index in [0.29, 0.717) is 29.9 Å². The van der Waals surface area contributed by atoms with Crippen LogP contribution in [0.3, 0.4) is 0 Å². The zero-order chi connectivity index (χ0) is 23.1. The van der Waals surface area contributed by atoms with Gasteiger partial charge >= 0.3 is 0 Å². The van der Waals surface area contributed by atoms with Crippen molar-refractivity contribution in [3.8, 4) is 18.0 Å². The molecule has 7 heteroatoms. The van der Waals surface area contributed by atoms with E-state index in [1.54, 1.807) is 10.9 Å². The highest BCUT2D eigenvalue weighted by Gasteiger charge is 2.24. The number of Topliss-reactive ketones (excluding diaryl/α,β-unsaturated/α-hetero) is 1. The second kappa shape index (κ2) is 8.08. The lowest BCUT2D eigenvalue weighted by molar-refractivity contribution is 0.103. The Hall–Kier alpha value is -4.15. The third kappa shape index (κ3) is 3.81. The maximum absolute atomic E-state index is 13.3. The molecule has 0 aliphatic heterocycles. The van der Waals surface area contributed by atoms with Crippen molar-refractivity contribution >= 4 is 28.7 Å². The molecule has 0 saturated carbocycles. The van der Waals surface area contributed by atoms with Crippen LogP contribution in [-0.2, 0) is 13.0 Å². The lowest BCUT2D eigenvalue weighted by Crippen LogP contribution is -2.17. The highest BCUT2D eigenvalue weighted by atomic mass is 16.1. The molecule has 0 amide bonds. The molecule has 2 heterocycles. The summed E-state index contributed by atoms with van der Waals surface area (Å²) in [4.78, 5) is 23.0. The first-order valence-electron chi connectivity index (χ1n) is 10.7. The number of anilines is 1. The summed E-state index contributed by atoms with van der Waals surface area (Å²) in [5.74, 6) is 3.72. The number of nitrogen functional groups attached to an aromatic ring is 1. The minimum Gasteiger partial charge on any atom is -0.383 e. The molecule has 0 atom stereocenters. The number of nitrogens with zero attached hydrogens (tertiary/aromatic N) is 4. The molecule has 4 aromatic rings. The second-order valence-electron chi connectivity index (χ2n) is 8.46. The summed E-state index contributed by atoms with van der Waals surface area (Å²) in [6, 6.07) is 12.0. The summed E-state index contributed by atoms with van der Waals surface area (Å²) in [6.07, 6.45) is 9.46. The molecule has 0 bridgehead atoms. The number of nitrogens with two attached hydrogens (primary N) is 1. The Bertz CT molecular complexity index is 1470. The summed E-state index contributed by atoms with van der Waals surface area (Å²) in [5.41, 5.74) is 13.4. The van der Waals surface area contributed by atoms with Gasteiger partial charge < -0.3 is 10.7 Å². The molecular formula is C26H24N6O. The zero-order valence-electron chi connectivity index (χ0n) is 18.6. The molecule has 0 spiro atoms. The molecule has 3 N–H and O–H groups in total. The Labute approximate surface area is 191 Å². The largest absolute Gasteiger partial charge is 0.383 e. The monoisotopic (exact) mass is 436 g/mol. The average Bonchev–Trinajstić information content (AvgIpc) is 3.48. The minimum absolute atomic E-state index is 0.0978. The fraction of sp³-hybridized carbons (Fsp3) is 0.192. The van der Waals surface area contributed by atoms with Crippen LogP contribution in [0.25, 0.3) is 22.8 Å². The van der Waals surface area contributed by atoms with Crippen LogP contribution in [0.15, 0.2) is 48.2 Å². The maximum atomic E-state index is 13.3. The van der Waals surface area contributed by atoms with Gasteiger partial charge in [0.1, 0.15) is 11.6 Å². The van der Waals surface area contributed by atoms with E-state index in [2.05, 4.69) is 44.1 Å². The highest BCUT2D eigenvalue weighted by molar-refractivity contribution is 6.15. The number of carbonyl (C=O) groups excluding carboxylic acids is 1. The zero-order valence-corrected chi connectivity index (χ0v) is 18.6. The number of nitrogens with one attached hydrogen (secondary N) is 1. The number of terminal acetylenes is 1. The van der Waals surface area contributed by atoms with Crippen molar-refractivity contribution in [2.75, 3.05) is 19.3 Å². The number of imidazole rings is 1. The van der Waals surface area contributed by atoms with Crippen molar-refractivity contribution in [2.45, 2.75) is 19.9 Å². The van der Waals surface area contributed by atoms with E-state index in [1.165, 1.54) is 5.56 Å². The smallest absolute Gasteiger partial charge is 0.194 e. The third-order valence-corrected chi connectivity index (χ3v) is 5.90. The molecule has 2 aromatic heterocycles. The molecule has 7 nitrogen and oxygen atoms in total. The van der Waals surface area contributed by atoms with E-state index >= 15 is 0 Å². The molecule has 2 aromatic carbocycles. The van der Waals surface area contributed by atoms with Gasteiger partial charge in [0, 0.05) is 18.5 Å². The van der Waals surface area contributed by atoms with Gasteiger partial charge in [-0.3, -0.25) is 9.69 Å². The number of hydrogen-bond donors (Lipinski definition) is 2. The number of hydrogen-bond acceptors (Lipinski definition) is 5. The number of benzene rings is 2. The Morgan fingerprint density at radius 3 is 2.97 bits per heavy atom. The van der Waals surface area contributed by atoms with Crippen molar-refractivity contribution in [1.82, 2.24) is 24.6 Å². The van der Waals surface area contributed by atoms with Gasteiger partial charge in [-0.2, -0.15) is 5.10 Å². The molecule has 1 aliphatic rings. The van der Waals surface area contributed by atoms with E-state index < -0.39 is 0 Å². The maximum Gasteiger partial charge on any atom is 0.194 e. The summed E-state index contributed by atoms with van der Waals surface area (Å²) in [5, 5.41) is 4.39. The fourth-order valence-corrected chi connectivity index (χ4v) is 4.33. The number of fused-ring (bicyclic) bond motifs is 2. The van der Waals surface area contributed by atoms with E-state index in [-0.39, 0.29) is 5.78 Å². The Morgan fingerprint density at radius 2 is 2.15 bits per heavy atom. The summed E-state index contributed by atoms with van der Waals surface area (Å²) < 4.78 is 1.59. The van der Waals surface area contributed by atoms with Gasteiger partial charge in [0.2, 0.25) is 0 Å². The van der Waals surface area contributed by atoms with Crippen molar-refractivity contribution in [3.05, 3.63) is 76.2 Å². The number of aromatic nitrogens is 4. The van der Waals surface area contributed by atoms with Crippen LogP contribution in [0, 0.1) is 19.3 Å². The van der Waals surface area contributed by atoms with Crippen molar-refractivity contribution < 1.29 is 4.79 Å². The number of aromatic amines is 1. The highest BCUT2D eigenvalue weighted by Crippen LogP contribution is 2.30. The van der Waals surface area contributed by atoms with Gasteiger partial charge in [-0.05, 0) is 54.9 Å². The summed E-state index contributed by atoms with van der Waals surface area (Å²) in [7, 11) is 1.99. The van der Waals surface area contributed by atoms with E-state index in [4.69, 9.17) is 12.2 Å². The standard InChI is InChI=1S/C26H24N6O/c1-4-9-31(3)15-17-5-6-18-11-20(12-19(18)10-17)25(33)22-14-28-32(26(22)27)21-7-8-23-24(13-21)30-16(2)29-23/h1,5-8,10-11,13-14H,9,12,15,27H2,2-3H3,(H,29,30). The van der Waals surface area contributed by atoms with Gasteiger partial charge in [0.15, 0.2) is 5.78 Å². The average molecular weight is 437 g/mol. The van der Waals surface area contributed by atoms with Gasteiger partial charge in [-0.15, -0.1) is 6.42 Å². The number of carbonyl (C=O) groups is 1. The van der Waals surface area contributed by atoms with E-state index in [9.17, 15) is 4.79 Å². The first kappa shape index (κ1) is 20.7. The Balaban J connectivity index is 1.37. The van der Waals surface area contributed by atoms with Crippen molar-refractivity contribution in [2.24, 2.45) is 0 Å². The van der Waals surface area contributed by atoms with Gasteiger partial charge in [-0.1, -0.05) is 24.1 Å². The molecule has 33 heavy (non-hydrogen) atoms. The van der Waals surface area contributed by atoms with Crippen LogP contribution in [0.4, 0.5) is 5.82 Å². The predicted molar refractivity (Wildman–Crippen MR) is 130 cm³/mol. The molecule has 5 rings (SSSR count). The molecule has 1 aliphatic carbocycles. The Morgan fingerprint density at radius 1 is 1.30 bits per heavy atom. The van der Waals surface area contributed by atoms with Crippen LogP contribution in [0.1, 0.15) is 32.9 Å². The third-order valence-electron chi connectivity index (χ3n) is 5.90. The van der Waals surface area contributed by atoms with E-state index in [0.717, 1.165) is 40.2 Å². The molecule has 0 unspecified atom stereocenters. The SMILES string of the molecule is C#CCN(C)Cc1ccc2c(c1)CC(C(=O)c1cnn(-c3ccc4nc(C)[nH]c4c3)c1N)=C2. The summed E-state index contributed by atoms with van der Waals surface area (Å²) in [6.45, 7) is 3.26. The molecule has 0 saturated heterocycles. The Kier molecular flexibility index (Phi) is 5.08.